The third-order valence-corrected chi connectivity index (χ3v) is 5.17. The Balaban J connectivity index is 1.87. The van der Waals surface area contributed by atoms with Crippen LogP contribution in [0.4, 0.5) is 4.39 Å². The predicted molar refractivity (Wildman–Crippen MR) is 86.8 cm³/mol. The molecule has 1 fully saturated rings. The summed E-state index contributed by atoms with van der Waals surface area (Å²) >= 11 is 5.03. The van der Waals surface area contributed by atoms with Crippen LogP contribution in [0.1, 0.15) is 21.3 Å². The number of amides is 1. The van der Waals surface area contributed by atoms with E-state index in [1.807, 2.05) is 23.1 Å². The molecule has 2 nitrogen and oxygen atoms in total. The van der Waals surface area contributed by atoms with Crippen LogP contribution < -0.4 is 0 Å². The van der Waals surface area contributed by atoms with Crippen molar-refractivity contribution in [2.24, 2.45) is 0 Å². The Morgan fingerprint density at radius 3 is 2.71 bits per heavy atom. The van der Waals surface area contributed by atoms with Crippen LogP contribution >= 0.6 is 27.7 Å². The Labute approximate surface area is 135 Å². The van der Waals surface area contributed by atoms with Gasteiger partial charge < -0.3 is 4.90 Å². The van der Waals surface area contributed by atoms with E-state index in [1.54, 1.807) is 30.0 Å². The van der Waals surface area contributed by atoms with Gasteiger partial charge in [0.2, 0.25) is 0 Å². The van der Waals surface area contributed by atoms with Gasteiger partial charge in [0, 0.05) is 22.3 Å². The van der Waals surface area contributed by atoms with Gasteiger partial charge in [-0.2, -0.15) is 0 Å². The maximum atomic E-state index is 13.4. The number of thioether (sulfide) groups is 1. The van der Waals surface area contributed by atoms with Crippen LogP contribution in [0.5, 0.6) is 0 Å². The van der Waals surface area contributed by atoms with Crippen LogP contribution in [0.15, 0.2) is 53.0 Å². The quantitative estimate of drug-likeness (QED) is 0.781. The van der Waals surface area contributed by atoms with Crippen molar-refractivity contribution < 1.29 is 9.18 Å². The summed E-state index contributed by atoms with van der Waals surface area (Å²) < 4.78 is 14.3. The van der Waals surface area contributed by atoms with E-state index in [4.69, 9.17) is 0 Å². The highest BCUT2D eigenvalue weighted by Crippen LogP contribution is 2.38. The lowest BCUT2D eigenvalue weighted by Gasteiger charge is -2.24. The van der Waals surface area contributed by atoms with Crippen molar-refractivity contribution in [3.63, 3.8) is 0 Å². The lowest BCUT2D eigenvalue weighted by molar-refractivity contribution is 0.0760. The lowest BCUT2D eigenvalue weighted by atomic mass is 10.1. The Morgan fingerprint density at radius 1 is 1.24 bits per heavy atom. The average Bonchev–Trinajstić information content (AvgIpc) is 2.97. The second kappa shape index (κ2) is 6.20. The van der Waals surface area contributed by atoms with Gasteiger partial charge in [-0.05, 0) is 42.0 Å². The average molecular weight is 366 g/mol. The maximum absolute atomic E-state index is 13.4. The summed E-state index contributed by atoms with van der Waals surface area (Å²) in [6, 6.07) is 13.8. The minimum absolute atomic E-state index is 0.0123. The van der Waals surface area contributed by atoms with Gasteiger partial charge in [0.1, 0.15) is 11.2 Å². The summed E-state index contributed by atoms with van der Waals surface area (Å²) in [5.74, 6) is 0.585. The zero-order valence-electron chi connectivity index (χ0n) is 11.1. The summed E-state index contributed by atoms with van der Waals surface area (Å²) in [5.41, 5.74) is 1.49. The van der Waals surface area contributed by atoms with Gasteiger partial charge in [-0.25, -0.2) is 4.39 Å². The van der Waals surface area contributed by atoms with Gasteiger partial charge in [0.25, 0.3) is 5.91 Å². The molecule has 0 radical (unpaired) electrons. The first-order valence-corrected chi connectivity index (χ1v) is 8.43. The zero-order chi connectivity index (χ0) is 14.8. The first-order chi connectivity index (χ1) is 10.1. The number of rotatable bonds is 2. The van der Waals surface area contributed by atoms with Gasteiger partial charge in [-0.1, -0.05) is 28.1 Å². The molecular formula is C16H13BrFNOS. The molecule has 0 N–H and O–H groups in total. The molecule has 3 rings (SSSR count). The fourth-order valence-electron chi connectivity index (χ4n) is 2.37. The first kappa shape index (κ1) is 14.6. The van der Waals surface area contributed by atoms with Gasteiger partial charge in [0.05, 0.1) is 0 Å². The standard InChI is InChI=1S/C16H13BrFNOS/c17-13-6-4-11(5-7-13)15(20)19-8-9-21-16(19)12-2-1-3-14(18)10-12/h1-7,10,16H,8-9H2. The molecule has 1 aliphatic heterocycles. The molecule has 2 aromatic carbocycles. The van der Waals surface area contributed by atoms with E-state index in [0.29, 0.717) is 12.1 Å². The summed E-state index contributed by atoms with van der Waals surface area (Å²) in [4.78, 5) is 14.4. The van der Waals surface area contributed by atoms with E-state index in [2.05, 4.69) is 15.9 Å². The second-order valence-corrected chi connectivity index (χ2v) is 6.89. The highest BCUT2D eigenvalue weighted by atomic mass is 79.9. The number of hydrogen-bond acceptors (Lipinski definition) is 2. The molecule has 0 bridgehead atoms. The number of nitrogens with zero attached hydrogens (tertiary/aromatic N) is 1. The normalized spacial score (nSPS) is 18.0. The van der Waals surface area contributed by atoms with Gasteiger partial charge in [-0.3, -0.25) is 4.79 Å². The monoisotopic (exact) mass is 365 g/mol. The smallest absolute Gasteiger partial charge is 0.255 e. The van der Waals surface area contributed by atoms with E-state index in [0.717, 1.165) is 15.8 Å². The van der Waals surface area contributed by atoms with Crippen molar-refractivity contribution in [2.45, 2.75) is 5.37 Å². The highest BCUT2D eigenvalue weighted by Gasteiger charge is 2.31. The van der Waals surface area contributed by atoms with Crippen LogP contribution in [0, 0.1) is 5.82 Å². The van der Waals surface area contributed by atoms with Gasteiger partial charge >= 0.3 is 0 Å². The number of hydrogen-bond donors (Lipinski definition) is 0. The molecule has 0 spiro atoms. The van der Waals surface area contributed by atoms with E-state index in [1.165, 1.54) is 12.1 Å². The minimum atomic E-state index is -0.268. The summed E-state index contributed by atoms with van der Waals surface area (Å²) in [6.07, 6.45) is 0. The molecule has 108 valence electrons. The fraction of sp³-hybridized carbons (Fsp3) is 0.188. The molecule has 1 unspecified atom stereocenters. The number of benzene rings is 2. The van der Waals surface area contributed by atoms with Crippen molar-refractivity contribution >= 4 is 33.6 Å². The molecule has 2 aromatic rings. The molecule has 1 atom stereocenters. The largest absolute Gasteiger partial charge is 0.322 e. The molecule has 5 heteroatoms. The van der Waals surface area contributed by atoms with Crippen molar-refractivity contribution in [1.29, 1.82) is 0 Å². The molecule has 1 saturated heterocycles. The molecule has 0 aliphatic carbocycles. The Morgan fingerprint density at radius 2 is 2.00 bits per heavy atom. The van der Waals surface area contributed by atoms with Crippen molar-refractivity contribution in [1.82, 2.24) is 4.90 Å². The van der Waals surface area contributed by atoms with Crippen LogP contribution in [-0.2, 0) is 0 Å². The highest BCUT2D eigenvalue weighted by molar-refractivity contribution is 9.10. The minimum Gasteiger partial charge on any atom is -0.322 e. The molecule has 0 aromatic heterocycles. The Hall–Kier alpha value is -1.33. The summed E-state index contributed by atoms with van der Waals surface area (Å²) in [7, 11) is 0. The topological polar surface area (TPSA) is 20.3 Å². The molecule has 0 saturated carbocycles. The van der Waals surface area contributed by atoms with Crippen LogP contribution in [0.2, 0.25) is 0 Å². The molecular weight excluding hydrogens is 353 g/mol. The Bertz CT molecular complexity index is 662. The SMILES string of the molecule is O=C(c1ccc(Br)cc1)N1CCSC1c1cccc(F)c1. The van der Waals surface area contributed by atoms with Crippen molar-refractivity contribution in [3.8, 4) is 0 Å². The summed E-state index contributed by atoms with van der Waals surface area (Å²) in [6.45, 7) is 0.681. The maximum Gasteiger partial charge on any atom is 0.255 e. The van der Waals surface area contributed by atoms with Crippen molar-refractivity contribution in [2.75, 3.05) is 12.3 Å². The van der Waals surface area contributed by atoms with Crippen LogP contribution in [0.3, 0.4) is 0 Å². The number of carbonyl (C=O) groups excluding carboxylic acids is 1. The third kappa shape index (κ3) is 3.14. The van der Waals surface area contributed by atoms with Crippen LogP contribution in [-0.4, -0.2) is 23.1 Å². The lowest BCUT2D eigenvalue weighted by Crippen LogP contribution is -2.30. The number of carbonyl (C=O) groups is 1. The van der Waals surface area contributed by atoms with E-state index < -0.39 is 0 Å². The molecule has 1 heterocycles. The van der Waals surface area contributed by atoms with Crippen LogP contribution in [0.25, 0.3) is 0 Å². The van der Waals surface area contributed by atoms with Crippen molar-refractivity contribution in [3.05, 3.63) is 69.9 Å². The predicted octanol–water partition coefficient (Wildman–Crippen LogP) is 4.48. The number of halogens is 2. The van der Waals surface area contributed by atoms with E-state index in [9.17, 15) is 9.18 Å². The second-order valence-electron chi connectivity index (χ2n) is 4.78. The summed E-state index contributed by atoms with van der Waals surface area (Å²) in [5, 5.41) is -0.114. The van der Waals surface area contributed by atoms with Gasteiger partial charge in [0.15, 0.2) is 0 Å². The third-order valence-electron chi connectivity index (χ3n) is 3.38. The molecule has 1 amide bonds. The fourth-order valence-corrected chi connectivity index (χ4v) is 3.88. The van der Waals surface area contributed by atoms with E-state index in [-0.39, 0.29) is 17.1 Å². The zero-order valence-corrected chi connectivity index (χ0v) is 13.5. The Kier molecular flexibility index (Phi) is 4.31. The molecule has 1 aliphatic rings. The first-order valence-electron chi connectivity index (χ1n) is 6.59. The van der Waals surface area contributed by atoms with Gasteiger partial charge in [-0.15, -0.1) is 11.8 Å². The van der Waals surface area contributed by atoms with E-state index >= 15 is 0 Å². The molecule has 21 heavy (non-hydrogen) atoms.